The minimum atomic E-state index is -3.63. The second-order valence-corrected chi connectivity index (χ2v) is 5.84. The minimum Gasteiger partial charge on any atom is -0.387 e. The van der Waals surface area contributed by atoms with Gasteiger partial charge in [-0.1, -0.05) is 12.1 Å². The Balaban J connectivity index is 2.38. The Kier molecular flexibility index (Phi) is 3.53. The predicted octanol–water partition coefficient (Wildman–Crippen LogP) is -0.151. The Morgan fingerprint density at radius 3 is 2.72 bits per heavy atom. The van der Waals surface area contributed by atoms with Crippen LogP contribution in [0, 0.1) is 0 Å². The molecular weight excluding hydrogens is 254 g/mol. The van der Waals surface area contributed by atoms with E-state index in [1.165, 1.54) is 10.4 Å². The summed E-state index contributed by atoms with van der Waals surface area (Å²) in [5.41, 5.74) is 0.531. The smallest absolute Gasteiger partial charge is 0.245 e. The van der Waals surface area contributed by atoms with Crippen molar-refractivity contribution in [3.63, 3.8) is 0 Å². The molecule has 1 aliphatic heterocycles. The SMILES string of the molecule is CNc1ccccc1S(=O)(=O)N1CCNC(=O)C1. The third kappa shape index (κ3) is 2.32. The highest BCUT2D eigenvalue weighted by Gasteiger charge is 2.30. The van der Waals surface area contributed by atoms with Gasteiger partial charge in [0.15, 0.2) is 0 Å². The molecular formula is C11H15N3O3S. The Morgan fingerprint density at radius 1 is 1.33 bits per heavy atom. The van der Waals surface area contributed by atoms with E-state index in [0.717, 1.165) is 0 Å². The molecule has 7 heteroatoms. The van der Waals surface area contributed by atoms with E-state index in [1.54, 1.807) is 25.2 Å². The van der Waals surface area contributed by atoms with Crippen LogP contribution in [0.2, 0.25) is 0 Å². The Labute approximate surface area is 106 Å². The first-order chi connectivity index (χ1) is 8.55. The molecule has 0 radical (unpaired) electrons. The zero-order chi connectivity index (χ0) is 13.2. The summed E-state index contributed by atoms with van der Waals surface area (Å²) in [6.45, 7) is 0.520. The van der Waals surface area contributed by atoms with E-state index in [0.29, 0.717) is 18.8 Å². The van der Waals surface area contributed by atoms with Crippen molar-refractivity contribution in [2.45, 2.75) is 4.90 Å². The topological polar surface area (TPSA) is 78.5 Å². The second-order valence-electron chi connectivity index (χ2n) is 3.93. The maximum absolute atomic E-state index is 12.4. The highest BCUT2D eigenvalue weighted by Crippen LogP contribution is 2.24. The molecule has 0 atom stereocenters. The number of nitrogens with one attached hydrogen (secondary N) is 2. The van der Waals surface area contributed by atoms with E-state index in [4.69, 9.17) is 0 Å². The lowest BCUT2D eigenvalue weighted by atomic mass is 10.3. The highest BCUT2D eigenvalue weighted by atomic mass is 32.2. The molecule has 1 aromatic carbocycles. The van der Waals surface area contributed by atoms with Crippen molar-refractivity contribution < 1.29 is 13.2 Å². The summed E-state index contributed by atoms with van der Waals surface area (Å²) in [4.78, 5) is 11.5. The van der Waals surface area contributed by atoms with Crippen molar-refractivity contribution in [2.75, 3.05) is 32.0 Å². The maximum Gasteiger partial charge on any atom is 0.245 e. The molecule has 0 saturated carbocycles. The second kappa shape index (κ2) is 4.95. The number of amides is 1. The summed E-state index contributed by atoms with van der Waals surface area (Å²) < 4.78 is 26.0. The van der Waals surface area contributed by atoms with E-state index >= 15 is 0 Å². The Bertz CT molecular complexity index is 556. The van der Waals surface area contributed by atoms with Crippen molar-refractivity contribution in [3.05, 3.63) is 24.3 Å². The zero-order valence-electron chi connectivity index (χ0n) is 10.0. The number of carbonyl (C=O) groups is 1. The molecule has 0 unspecified atom stereocenters. The number of anilines is 1. The number of nitrogens with zero attached hydrogens (tertiary/aromatic N) is 1. The number of sulfonamides is 1. The lowest BCUT2D eigenvalue weighted by Gasteiger charge is -2.26. The van der Waals surface area contributed by atoms with Crippen molar-refractivity contribution in [1.29, 1.82) is 0 Å². The lowest BCUT2D eigenvalue weighted by Crippen LogP contribution is -2.49. The number of para-hydroxylation sites is 1. The van der Waals surface area contributed by atoms with Gasteiger partial charge in [0.2, 0.25) is 15.9 Å². The summed E-state index contributed by atoms with van der Waals surface area (Å²) in [6, 6.07) is 6.65. The van der Waals surface area contributed by atoms with E-state index in [2.05, 4.69) is 10.6 Å². The van der Waals surface area contributed by atoms with Crippen molar-refractivity contribution in [3.8, 4) is 0 Å². The van der Waals surface area contributed by atoms with E-state index in [1.807, 2.05) is 0 Å². The van der Waals surface area contributed by atoms with Crippen LogP contribution in [0.1, 0.15) is 0 Å². The molecule has 2 rings (SSSR count). The fourth-order valence-electron chi connectivity index (χ4n) is 1.86. The molecule has 1 heterocycles. The largest absolute Gasteiger partial charge is 0.387 e. The average Bonchev–Trinajstić information content (AvgIpc) is 2.38. The van der Waals surface area contributed by atoms with Crippen LogP contribution < -0.4 is 10.6 Å². The summed E-state index contributed by atoms with van der Waals surface area (Å²) in [5.74, 6) is -0.272. The van der Waals surface area contributed by atoms with Crippen molar-refractivity contribution in [2.24, 2.45) is 0 Å². The van der Waals surface area contributed by atoms with E-state index in [9.17, 15) is 13.2 Å². The molecule has 0 aliphatic carbocycles. The minimum absolute atomic E-state index is 0.125. The van der Waals surface area contributed by atoms with Crippen LogP contribution in [-0.4, -0.2) is 45.3 Å². The predicted molar refractivity (Wildman–Crippen MR) is 67.8 cm³/mol. The lowest BCUT2D eigenvalue weighted by molar-refractivity contribution is -0.122. The number of carbonyl (C=O) groups excluding carboxylic acids is 1. The average molecular weight is 269 g/mol. The summed E-state index contributed by atoms with van der Waals surface area (Å²) in [6.07, 6.45) is 0. The number of piperazine rings is 1. The zero-order valence-corrected chi connectivity index (χ0v) is 10.8. The Morgan fingerprint density at radius 2 is 2.06 bits per heavy atom. The van der Waals surface area contributed by atoms with Gasteiger partial charge in [-0.2, -0.15) is 4.31 Å². The Hall–Kier alpha value is -1.60. The number of benzene rings is 1. The molecule has 2 N–H and O–H groups in total. The van der Waals surface area contributed by atoms with Gasteiger partial charge in [0, 0.05) is 20.1 Å². The molecule has 1 aromatic rings. The molecule has 1 amide bonds. The number of hydrogen-bond acceptors (Lipinski definition) is 4. The standard InChI is InChI=1S/C11H15N3O3S/c1-12-9-4-2-3-5-10(9)18(16,17)14-7-6-13-11(15)8-14/h2-5,12H,6-8H2,1H3,(H,13,15). The molecule has 1 aliphatic rings. The monoisotopic (exact) mass is 269 g/mol. The third-order valence-electron chi connectivity index (χ3n) is 2.78. The fraction of sp³-hybridized carbons (Fsp3) is 0.364. The van der Waals surface area contributed by atoms with Crippen molar-refractivity contribution in [1.82, 2.24) is 9.62 Å². The van der Waals surface area contributed by atoms with E-state index in [-0.39, 0.29) is 17.3 Å². The molecule has 0 aromatic heterocycles. The maximum atomic E-state index is 12.4. The van der Waals surface area contributed by atoms with Gasteiger partial charge in [0.25, 0.3) is 0 Å². The van der Waals surface area contributed by atoms with Gasteiger partial charge in [0.1, 0.15) is 4.90 Å². The van der Waals surface area contributed by atoms with Crippen molar-refractivity contribution >= 4 is 21.6 Å². The highest BCUT2D eigenvalue weighted by molar-refractivity contribution is 7.89. The summed E-state index contributed by atoms with van der Waals surface area (Å²) in [5, 5.41) is 5.45. The first-order valence-electron chi connectivity index (χ1n) is 5.59. The molecule has 18 heavy (non-hydrogen) atoms. The van der Waals surface area contributed by atoms with Gasteiger partial charge >= 0.3 is 0 Å². The number of hydrogen-bond donors (Lipinski definition) is 2. The molecule has 0 spiro atoms. The molecule has 0 bridgehead atoms. The number of rotatable bonds is 3. The van der Waals surface area contributed by atoms with Crippen LogP contribution in [0.15, 0.2) is 29.2 Å². The van der Waals surface area contributed by atoms with Gasteiger partial charge in [-0.15, -0.1) is 0 Å². The third-order valence-corrected chi connectivity index (χ3v) is 4.68. The first-order valence-corrected chi connectivity index (χ1v) is 7.03. The van der Waals surface area contributed by atoms with Crippen LogP contribution >= 0.6 is 0 Å². The van der Waals surface area contributed by atoms with Crippen LogP contribution in [-0.2, 0) is 14.8 Å². The molecule has 1 fully saturated rings. The molecule has 1 saturated heterocycles. The van der Waals surface area contributed by atoms with Gasteiger partial charge in [-0.25, -0.2) is 8.42 Å². The van der Waals surface area contributed by atoms with Gasteiger partial charge in [-0.05, 0) is 12.1 Å². The normalized spacial score (nSPS) is 17.3. The molecule has 98 valence electrons. The van der Waals surface area contributed by atoms with Crippen LogP contribution in [0.5, 0.6) is 0 Å². The fourth-order valence-corrected chi connectivity index (χ4v) is 3.45. The van der Waals surface area contributed by atoms with Crippen LogP contribution in [0.4, 0.5) is 5.69 Å². The molecule has 6 nitrogen and oxygen atoms in total. The summed E-state index contributed by atoms with van der Waals surface area (Å²) in [7, 11) is -1.96. The van der Waals surface area contributed by atoms with Crippen LogP contribution in [0.25, 0.3) is 0 Å². The van der Waals surface area contributed by atoms with Gasteiger partial charge < -0.3 is 10.6 Å². The summed E-state index contributed by atoms with van der Waals surface area (Å²) >= 11 is 0. The first kappa shape index (κ1) is 12.8. The van der Waals surface area contributed by atoms with Crippen LogP contribution in [0.3, 0.4) is 0 Å². The quantitative estimate of drug-likeness (QED) is 0.800. The van der Waals surface area contributed by atoms with Gasteiger partial charge in [-0.3, -0.25) is 4.79 Å². The van der Waals surface area contributed by atoms with Gasteiger partial charge in [0.05, 0.1) is 12.2 Å². The van der Waals surface area contributed by atoms with E-state index < -0.39 is 10.0 Å².